The van der Waals surface area contributed by atoms with Crippen molar-refractivity contribution in [1.82, 2.24) is 14.5 Å². The van der Waals surface area contributed by atoms with E-state index in [0.29, 0.717) is 42.9 Å². The predicted octanol–water partition coefficient (Wildman–Crippen LogP) is 5.15. The van der Waals surface area contributed by atoms with Gasteiger partial charge < -0.3 is 14.4 Å². The van der Waals surface area contributed by atoms with E-state index in [-0.39, 0.29) is 18.1 Å². The molecular formula is C31H35N3O4. The zero-order valence-electron chi connectivity index (χ0n) is 22.5. The van der Waals surface area contributed by atoms with Crippen molar-refractivity contribution in [2.45, 2.75) is 39.8 Å². The summed E-state index contributed by atoms with van der Waals surface area (Å²) in [5, 5.41) is 0.533. The number of rotatable bonds is 11. The van der Waals surface area contributed by atoms with Gasteiger partial charge in [0.1, 0.15) is 12.4 Å². The quantitative estimate of drug-likeness (QED) is 0.260. The molecule has 0 spiro atoms. The van der Waals surface area contributed by atoms with Crippen LogP contribution in [-0.2, 0) is 20.9 Å². The second-order valence-electron chi connectivity index (χ2n) is 9.48. The summed E-state index contributed by atoms with van der Waals surface area (Å²) in [6.07, 6.45) is 0.646. The fourth-order valence-electron chi connectivity index (χ4n) is 4.51. The van der Waals surface area contributed by atoms with E-state index in [0.717, 1.165) is 22.4 Å². The van der Waals surface area contributed by atoms with Gasteiger partial charge in [0.05, 0.1) is 29.2 Å². The van der Waals surface area contributed by atoms with Gasteiger partial charge >= 0.3 is 0 Å². The summed E-state index contributed by atoms with van der Waals surface area (Å²) in [7, 11) is 1.64. The van der Waals surface area contributed by atoms with E-state index in [4.69, 9.17) is 14.5 Å². The topological polar surface area (TPSA) is 73.7 Å². The first kappa shape index (κ1) is 27.2. The summed E-state index contributed by atoms with van der Waals surface area (Å²) in [6.45, 7) is 7.19. The molecule has 0 saturated carbocycles. The monoisotopic (exact) mass is 513 g/mol. The molecule has 4 rings (SSSR count). The molecule has 7 heteroatoms. The van der Waals surface area contributed by atoms with Crippen molar-refractivity contribution in [3.8, 4) is 5.69 Å². The van der Waals surface area contributed by atoms with Crippen molar-refractivity contribution >= 4 is 16.8 Å². The van der Waals surface area contributed by atoms with Crippen LogP contribution in [0.4, 0.5) is 0 Å². The summed E-state index contributed by atoms with van der Waals surface area (Å²) in [5.41, 5.74) is 4.37. The smallest absolute Gasteiger partial charge is 0.266 e. The first-order valence-electron chi connectivity index (χ1n) is 12.9. The molecule has 0 radical (unpaired) electrons. The third-order valence-electron chi connectivity index (χ3n) is 6.80. The van der Waals surface area contributed by atoms with Crippen LogP contribution in [0.5, 0.6) is 0 Å². The first-order valence-corrected chi connectivity index (χ1v) is 12.9. The number of nitrogens with zero attached hydrogens (tertiary/aromatic N) is 3. The van der Waals surface area contributed by atoms with E-state index in [2.05, 4.69) is 0 Å². The van der Waals surface area contributed by atoms with Gasteiger partial charge in [-0.1, -0.05) is 48.5 Å². The maximum Gasteiger partial charge on any atom is 0.266 e. The Labute approximate surface area is 223 Å². The SMILES string of the molecule is COCCCN(C(=O)COCc1ccccc1)C(C)c1nc2ccccc2c(=O)n1-c1ccc(C)c(C)c1. The lowest BCUT2D eigenvalue weighted by Crippen LogP contribution is -2.40. The highest BCUT2D eigenvalue weighted by Gasteiger charge is 2.27. The fraction of sp³-hybridized carbons (Fsp3) is 0.323. The normalized spacial score (nSPS) is 12.0. The van der Waals surface area contributed by atoms with Crippen LogP contribution < -0.4 is 5.56 Å². The van der Waals surface area contributed by atoms with Crippen molar-refractivity contribution in [3.63, 3.8) is 0 Å². The highest BCUT2D eigenvalue weighted by molar-refractivity contribution is 5.79. The molecule has 0 aliphatic rings. The Hall–Kier alpha value is -3.81. The second kappa shape index (κ2) is 12.6. The summed E-state index contributed by atoms with van der Waals surface area (Å²) < 4.78 is 12.7. The summed E-state index contributed by atoms with van der Waals surface area (Å²) >= 11 is 0. The Bertz CT molecular complexity index is 1450. The van der Waals surface area contributed by atoms with Crippen molar-refractivity contribution < 1.29 is 14.3 Å². The molecule has 0 fully saturated rings. The Kier molecular flexibility index (Phi) is 9.05. The van der Waals surface area contributed by atoms with Gasteiger partial charge in [0.2, 0.25) is 5.91 Å². The van der Waals surface area contributed by atoms with Crippen LogP contribution in [0.15, 0.2) is 77.6 Å². The minimum atomic E-state index is -0.487. The number of benzene rings is 3. The van der Waals surface area contributed by atoms with E-state index >= 15 is 0 Å². The number of carbonyl (C=O) groups excluding carboxylic acids is 1. The lowest BCUT2D eigenvalue weighted by molar-refractivity contribution is -0.139. The summed E-state index contributed by atoms with van der Waals surface area (Å²) in [5.74, 6) is 0.337. The minimum absolute atomic E-state index is 0.0757. The highest BCUT2D eigenvalue weighted by atomic mass is 16.5. The molecule has 1 atom stereocenters. The molecule has 38 heavy (non-hydrogen) atoms. The van der Waals surface area contributed by atoms with Crippen LogP contribution in [0.2, 0.25) is 0 Å². The lowest BCUT2D eigenvalue weighted by atomic mass is 10.1. The Morgan fingerprint density at radius 3 is 2.47 bits per heavy atom. The zero-order chi connectivity index (χ0) is 27.1. The van der Waals surface area contributed by atoms with Gasteiger partial charge in [-0.25, -0.2) is 4.98 Å². The molecule has 0 aliphatic carbocycles. The van der Waals surface area contributed by atoms with Gasteiger partial charge in [-0.05, 0) is 68.1 Å². The molecule has 3 aromatic carbocycles. The first-order chi connectivity index (χ1) is 18.4. The number of aromatic nitrogens is 2. The van der Waals surface area contributed by atoms with Gasteiger partial charge in [-0.15, -0.1) is 0 Å². The van der Waals surface area contributed by atoms with E-state index in [9.17, 15) is 9.59 Å². The van der Waals surface area contributed by atoms with Crippen LogP contribution in [0.1, 0.15) is 41.9 Å². The number of carbonyl (C=O) groups is 1. The average Bonchev–Trinajstić information content (AvgIpc) is 2.93. The third-order valence-corrected chi connectivity index (χ3v) is 6.80. The Morgan fingerprint density at radius 2 is 1.74 bits per heavy atom. The standard InChI is InChI=1S/C31H35N3O4/c1-22-15-16-26(19-23(22)2)34-30(32-28-14-9-8-13-27(28)31(34)36)24(3)33(17-10-18-37-4)29(35)21-38-20-25-11-6-5-7-12-25/h5-9,11-16,19,24H,10,17-18,20-21H2,1-4H3. The Morgan fingerprint density at radius 1 is 1.00 bits per heavy atom. The third kappa shape index (κ3) is 6.18. The molecule has 0 bridgehead atoms. The molecule has 0 saturated heterocycles. The highest BCUT2D eigenvalue weighted by Crippen LogP contribution is 2.24. The number of hydrogen-bond acceptors (Lipinski definition) is 5. The van der Waals surface area contributed by atoms with Gasteiger partial charge in [0, 0.05) is 20.3 Å². The van der Waals surface area contributed by atoms with Crippen molar-refractivity contribution in [2.75, 3.05) is 26.9 Å². The number of aryl methyl sites for hydroxylation is 2. The molecule has 7 nitrogen and oxygen atoms in total. The number of fused-ring (bicyclic) bond motifs is 1. The molecule has 1 aromatic heterocycles. The van der Waals surface area contributed by atoms with Crippen LogP contribution in [-0.4, -0.2) is 47.2 Å². The largest absolute Gasteiger partial charge is 0.385 e. The predicted molar refractivity (Wildman–Crippen MR) is 150 cm³/mol. The van der Waals surface area contributed by atoms with E-state index in [1.165, 1.54) is 0 Å². The average molecular weight is 514 g/mol. The van der Waals surface area contributed by atoms with Crippen LogP contribution in [0.25, 0.3) is 16.6 Å². The van der Waals surface area contributed by atoms with Crippen LogP contribution in [0, 0.1) is 13.8 Å². The zero-order valence-corrected chi connectivity index (χ0v) is 22.5. The molecule has 0 N–H and O–H groups in total. The molecule has 198 valence electrons. The summed E-state index contributed by atoms with van der Waals surface area (Å²) in [4.78, 5) is 33.9. The maximum absolute atomic E-state index is 13.8. The van der Waals surface area contributed by atoms with E-state index in [1.807, 2.05) is 87.5 Å². The van der Waals surface area contributed by atoms with Crippen molar-refractivity contribution in [2.24, 2.45) is 0 Å². The van der Waals surface area contributed by atoms with E-state index < -0.39 is 6.04 Å². The van der Waals surface area contributed by atoms with Gasteiger partial charge in [-0.2, -0.15) is 0 Å². The molecule has 1 heterocycles. The van der Waals surface area contributed by atoms with Crippen LogP contribution >= 0.6 is 0 Å². The summed E-state index contributed by atoms with van der Waals surface area (Å²) in [6, 6.07) is 22.5. The number of hydrogen-bond donors (Lipinski definition) is 0. The lowest BCUT2D eigenvalue weighted by Gasteiger charge is -2.30. The number of amides is 1. The minimum Gasteiger partial charge on any atom is -0.385 e. The second-order valence-corrected chi connectivity index (χ2v) is 9.48. The maximum atomic E-state index is 13.8. The molecule has 4 aromatic rings. The van der Waals surface area contributed by atoms with E-state index in [1.54, 1.807) is 22.6 Å². The molecule has 1 unspecified atom stereocenters. The fourth-order valence-corrected chi connectivity index (χ4v) is 4.51. The van der Waals surface area contributed by atoms with Gasteiger partial charge in [-0.3, -0.25) is 14.2 Å². The van der Waals surface area contributed by atoms with Gasteiger partial charge in [0.15, 0.2) is 0 Å². The van der Waals surface area contributed by atoms with Crippen LogP contribution in [0.3, 0.4) is 0 Å². The van der Waals surface area contributed by atoms with Gasteiger partial charge in [0.25, 0.3) is 5.56 Å². The van der Waals surface area contributed by atoms with Crippen molar-refractivity contribution in [1.29, 1.82) is 0 Å². The van der Waals surface area contributed by atoms with Crippen molar-refractivity contribution in [3.05, 3.63) is 106 Å². The molecule has 0 aliphatic heterocycles. The Balaban J connectivity index is 1.72. The number of methoxy groups -OCH3 is 1. The number of para-hydroxylation sites is 1. The molecular weight excluding hydrogens is 478 g/mol. The number of ether oxygens (including phenoxy) is 2. The molecule has 1 amide bonds.